The number of carbonyl (C=O) groups excluding carboxylic acids is 1. The van der Waals surface area contributed by atoms with Gasteiger partial charge < -0.3 is 11.1 Å². The second kappa shape index (κ2) is 5.07. The van der Waals surface area contributed by atoms with Crippen LogP contribution in [0.1, 0.15) is 12.5 Å². The molecule has 0 aliphatic heterocycles. The molecule has 82 valence electrons. The van der Waals surface area contributed by atoms with E-state index in [0.717, 1.165) is 16.1 Å². The van der Waals surface area contributed by atoms with Crippen molar-refractivity contribution in [3.8, 4) is 0 Å². The van der Waals surface area contributed by atoms with Gasteiger partial charge in [-0.1, -0.05) is 6.07 Å². The first-order chi connectivity index (χ1) is 7.04. The van der Waals surface area contributed by atoms with Crippen LogP contribution in [-0.4, -0.2) is 18.2 Å². The topological polar surface area (TPSA) is 55.1 Å². The molecule has 1 aromatic rings. The molecule has 1 unspecified atom stereocenters. The minimum absolute atomic E-state index is 0.0139. The van der Waals surface area contributed by atoms with Crippen LogP contribution in [0.5, 0.6) is 0 Å². The van der Waals surface area contributed by atoms with Crippen LogP contribution >= 0.6 is 11.8 Å². The molecular formula is C11H16N2OS. The second-order valence-corrected chi connectivity index (χ2v) is 4.80. The molecule has 0 aliphatic carbocycles. The molecule has 0 bridgehead atoms. The number of carbonyl (C=O) groups is 1. The Hall–Kier alpha value is -1.16. The Morgan fingerprint density at radius 1 is 1.53 bits per heavy atom. The van der Waals surface area contributed by atoms with Crippen molar-refractivity contribution < 1.29 is 4.79 Å². The van der Waals surface area contributed by atoms with Gasteiger partial charge in [-0.05, 0) is 31.5 Å². The summed E-state index contributed by atoms with van der Waals surface area (Å²) < 4.78 is 0. The maximum Gasteiger partial charge on any atom is 0.232 e. The molecule has 1 aromatic carbocycles. The van der Waals surface area contributed by atoms with Crippen LogP contribution in [0.25, 0.3) is 0 Å². The first kappa shape index (κ1) is 11.9. The van der Waals surface area contributed by atoms with E-state index >= 15 is 0 Å². The average molecular weight is 224 g/mol. The highest BCUT2D eigenvalue weighted by Gasteiger charge is 2.13. The molecule has 0 spiro atoms. The molecule has 0 aromatic heterocycles. The fraction of sp³-hybridized carbons (Fsp3) is 0.364. The average Bonchev–Trinajstić information content (AvgIpc) is 2.20. The molecule has 0 fully saturated rings. The molecule has 1 amide bonds. The van der Waals surface area contributed by atoms with E-state index in [1.54, 1.807) is 7.05 Å². The minimum atomic E-state index is -0.125. The fourth-order valence-corrected chi connectivity index (χ4v) is 2.17. The summed E-state index contributed by atoms with van der Waals surface area (Å²) in [4.78, 5) is 12.3. The van der Waals surface area contributed by atoms with E-state index in [2.05, 4.69) is 5.32 Å². The molecule has 1 rings (SSSR count). The summed E-state index contributed by atoms with van der Waals surface area (Å²) in [5, 5.41) is 2.49. The Bertz CT molecular complexity index is 366. The number of thioether (sulfide) groups is 1. The number of hydrogen-bond acceptors (Lipinski definition) is 3. The summed E-state index contributed by atoms with van der Waals surface area (Å²) in [6.07, 6.45) is 0. The Balaban J connectivity index is 2.76. The molecule has 0 heterocycles. The first-order valence-electron chi connectivity index (χ1n) is 4.79. The molecule has 4 heteroatoms. The van der Waals surface area contributed by atoms with Gasteiger partial charge in [-0.25, -0.2) is 0 Å². The van der Waals surface area contributed by atoms with Gasteiger partial charge in [0.25, 0.3) is 0 Å². The monoisotopic (exact) mass is 224 g/mol. The number of nitrogens with one attached hydrogen (secondary N) is 1. The number of rotatable bonds is 3. The zero-order valence-corrected chi connectivity index (χ0v) is 10.0. The normalized spacial score (nSPS) is 12.2. The molecule has 0 saturated carbocycles. The Morgan fingerprint density at radius 2 is 2.20 bits per heavy atom. The van der Waals surface area contributed by atoms with E-state index in [-0.39, 0.29) is 11.2 Å². The zero-order chi connectivity index (χ0) is 11.4. The lowest BCUT2D eigenvalue weighted by Crippen LogP contribution is -2.27. The molecule has 3 nitrogen and oxygen atoms in total. The minimum Gasteiger partial charge on any atom is -0.398 e. The maximum absolute atomic E-state index is 11.3. The van der Waals surface area contributed by atoms with Gasteiger partial charge in [0.2, 0.25) is 5.91 Å². The van der Waals surface area contributed by atoms with Gasteiger partial charge in [0.05, 0.1) is 5.25 Å². The summed E-state index contributed by atoms with van der Waals surface area (Å²) in [5.41, 5.74) is 7.72. The summed E-state index contributed by atoms with van der Waals surface area (Å²) in [7, 11) is 1.64. The van der Waals surface area contributed by atoms with E-state index < -0.39 is 0 Å². The van der Waals surface area contributed by atoms with Crippen LogP contribution in [-0.2, 0) is 4.79 Å². The van der Waals surface area contributed by atoms with E-state index in [0.29, 0.717) is 0 Å². The summed E-state index contributed by atoms with van der Waals surface area (Å²) >= 11 is 1.47. The fourth-order valence-electron chi connectivity index (χ4n) is 1.22. The lowest BCUT2D eigenvalue weighted by molar-refractivity contribution is -0.119. The van der Waals surface area contributed by atoms with Gasteiger partial charge in [0, 0.05) is 17.6 Å². The molecule has 3 N–H and O–H groups in total. The standard InChI is InChI=1S/C11H16N2OS/c1-7-4-5-10(9(12)6-7)15-8(2)11(14)13-3/h4-6,8H,12H2,1-3H3,(H,13,14). The molecule has 0 radical (unpaired) electrons. The van der Waals surface area contributed by atoms with Crippen molar-refractivity contribution in [2.45, 2.75) is 24.0 Å². The Morgan fingerprint density at radius 3 is 2.73 bits per heavy atom. The molecular weight excluding hydrogens is 208 g/mol. The highest BCUT2D eigenvalue weighted by molar-refractivity contribution is 8.00. The van der Waals surface area contributed by atoms with E-state index in [1.165, 1.54) is 11.8 Å². The Kier molecular flexibility index (Phi) is 4.03. The largest absolute Gasteiger partial charge is 0.398 e. The van der Waals surface area contributed by atoms with Crippen LogP contribution in [0, 0.1) is 6.92 Å². The quantitative estimate of drug-likeness (QED) is 0.608. The third kappa shape index (κ3) is 3.16. The zero-order valence-electron chi connectivity index (χ0n) is 9.20. The van der Waals surface area contributed by atoms with Crippen LogP contribution in [0.2, 0.25) is 0 Å². The van der Waals surface area contributed by atoms with E-state index in [9.17, 15) is 4.79 Å². The molecule has 1 atom stereocenters. The maximum atomic E-state index is 11.3. The van der Waals surface area contributed by atoms with Crippen molar-refractivity contribution in [1.82, 2.24) is 5.32 Å². The number of hydrogen-bond donors (Lipinski definition) is 2. The number of anilines is 1. The summed E-state index contributed by atoms with van der Waals surface area (Å²) in [5.74, 6) is 0.0139. The van der Waals surface area contributed by atoms with E-state index in [4.69, 9.17) is 5.73 Å². The van der Waals surface area contributed by atoms with Crippen molar-refractivity contribution in [3.05, 3.63) is 23.8 Å². The van der Waals surface area contributed by atoms with Gasteiger partial charge >= 0.3 is 0 Å². The van der Waals surface area contributed by atoms with Crippen molar-refractivity contribution in [3.63, 3.8) is 0 Å². The number of aryl methyl sites for hydroxylation is 1. The highest BCUT2D eigenvalue weighted by Crippen LogP contribution is 2.29. The van der Waals surface area contributed by atoms with Crippen LogP contribution in [0.4, 0.5) is 5.69 Å². The van der Waals surface area contributed by atoms with Crippen molar-refractivity contribution in [1.29, 1.82) is 0 Å². The number of nitrogen functional groups attached to an aromatic ring is 1. The first-order valence-corrected chi connectivity index (χ1v) is 5.67. The SMILES string of the molecule is CNC(=O)C(C)Sc1ccc(C)cc1N. The predicted octanol–water partition coefficient (Wildman–Crippen LogP) is 1.80. The van der Waals surface area contributed by atoms with Gasteiger partial charge in [0.1, 0.15) is 0 Å². The predicted molar refractivity (Wildman–Crippen MR) is 65.0 cm³/mol. The lowest BCUT2D eigenvalue weighted by Gasteiger charge is -2.11. The number of benzene rings is 1. The number of nitrogens with two attached hydrogens (primary N) is 1. The smallest absolute Gasteiger partial charge is 0.232 e. The van der Waals surface area contributed by atoms with E-state index in [1.807, 2.05) is 32.0 Å². The lowest BCUT2D eigenvalue weighted by atomic mass is 10.2. The molecule has 0 saturated heterocycles. The molecule has 15 heavy (non-hydrogen) atoms. The Labute approximate surface area is 94.4 Å². The summed E-state index contributed by atoms with van der Waals surface area (Å²) in [6, 6.07) is 5.86. The third-order valence-electron chi connectivity index (χ3n) is 2.08. The van der Waals surface area contributed by atoms with Gasteiger partial charge in [-0.3, -0.25) is 4.79 Å². The third-order valence-corrected chi connectivity index (χ3v) is 3.28. The highest BCUT2D eigenvalue weighted by atomic mass is 32.2. The number of amides is 1. The van der Waals surface area contributed by atoms with Crippen molar-refractivity contribution in [2.75, 3.05) is 12.8 Å². The molecule has 0 aliphatic rings. The van der Waals surface area contributed by atoms with Gasteiger partial charge in [0.15, 0.2) is 0 Å². The second-order valence-electron chi connectivity index (χ2n) is 3.42. The van der Waals surface area contributed by atoms with Crippen LogP contribution in [0.15, 0.2) is 23.1 Å². The van der Waals surface area contributed by atoms with Gasteiger partial charge in [-0.15, -0.1) is 11.8 Å². The van der Waals surface area contributed by atoms with Crippen LogP contribution < -0.4 is 11.1 Å². The van der Waals surface area contributed by atoms with Crippen molar-refractivity contribution in [2.24, 2.45) is 0 Å². The van der Waals surface area contributed by atoms with Crippen molar-refractivity contribution >= 4 is 23.4 Å². The summed E-state index contributed by atoms with van der Waals surface area (Å²) in [6.45, 7) is 3.86. The van der Waals surface area contributed by atoms with Crippen LogP contribution in [0.3, 0.4) is 0 Å². The van der Waals surface area contributed by atoms with Gasteiger partial charge in [-0.2, -0.15) is 0 Å².